The summed E-state index contributed by atoms with van der Waals surface area (Å²) in [7, 11) is 0. The minimum Gasteiger partial charge on any atom is -0.0944 e. The first-order chi connectivity index (χ1) is 7.81. The highest BCUT2D eigenvalue weighted by Gasteiger charge is 1.99. The molecule has 0 spiro atoms. The molecule has 0 aliphatic rings. The van der Waals surface area contributed by atoms with Crippen molar-refractivity contribution in [3.63, 3.8) is 0 Å². The lowest BCUT2D eigenvalue weighted by atomic mass is 10.0. The third kappa shape index (κ3) is 2.42. The zero-order chi connectivity index (χ0) is 11.4. The van der Waals surface area contributed by atoms with Crippen LogP contribution in [0.4, 0.5) is 0 Å². The van der Waals surface area contributed by atoms with E-state index >= 15 is 0 Å². The Labute approximate surface area is 105 Å². The van der Waals surface area contributed by atoms with E-state index in [-0.39, 0.29) is 0 Å². The SMILES string of the molecule is C=C(CBr)c1ccc(-c2ccccc2)cc1. The van der Waals surface area contributed by atoms with Crippen molar-refractivity contribution in [1.29, 1.82) is 0 Å². The second-order valence-electron chi connectivity index (χ2n) is 3.68. The van der Waals surface area contributed by atoms with E-state index in [1.807, 2.05) is 6.07 Å². The Morgan fingerprint density at radius 3 is 2.00 bits per heavy atom. The fraction of sp³-hybridized carbons (Fsp3) is 0.0667. The van der Waals surface area contributed by atoms with Gasteiger partial charge in [-0.3, -0.25) is 0 Å². The molecular weight excluding hydrogens is 260 g/mol. The van der Waals surface area contributed by atoms with Crippen LogP contribution in [-0.4, -0.2) is 5.33 Å². The van der Waals surface area contributed by atoms with Crippen LogP contribution < -0.4 is 0 Å². The van der Waals surface area contributed by atoms with Gasteiger partial charge in [-0.15, -0.1) is 0 Å². The standard InChI is InChI=1S/C15H13Br/c1-12(11-16)13-7-9-15(10-8-13)14-5-3-2-4-6-14/h2-10H,1,11H2. The van der Waals surface area contributed by atoms with Gasteiger partial charge in [-0.2, -0.15) is 0 Å². The summed E-state index contributed by atoms with van der Waals surface area (Å²) >= 11 is 3.42. The summed E-state index contributed by atoms with van der Waals surface area (Å²) in [6.07, 6.45) is 0. The van der Waals surface area contributed by atoms with Crippen LogP contribution in [0.15, 0.2) is 61.2 Å². The first-order valence-electron chi connectivity index (χ1n) is 5.21. The molecule has 2 rings (SSSR count). The summed E-state index contributed by atoms with van der Waals surface area (Å²) in [5, 5.41) is 0.817. The Bertz CT molecular complexity index is 469. The molecule has 0 aliphatic heterocycles. The highest BCUT2D eigenvalue weighted by Crippen LogP contribution is 2.22. The molecule has 0 fully saturated rings. The van der Waals surface area contributed by atoms with Crippen LogP contribution in [0.2, 0.25) is 0 Å². The number of benzene rings is 2. The highest BCUT2D eigenvalue weighted by atomic mass is 79.9. The predicted molar refractivity (Wildman–Crippen MR) is 74.7 cm³/mol. The van der Waals surface area contributed by atoms with Crippen molar-refractivity contribution >= 4 is 21.5 Å². The van der Waals surface area contributed by atoms with Crippen LogP contribution in [0.3, 0.4) is 0 Å². The van der Waals surface area contributed by atoms with Gasteiger partial charge in [-0.1, -0.05) is 77.1 Å². The van der Waals surface area contributed by atoms with Gasteiger partial charge >= 0.3 is 0 Å². The summed E-state index contributed by atoms with van der Waals surface area (Å²) in [5.74, 6) is 0. The van der Waals surface area contributed by atoms with Crippen molar-refractivity contribution in [1.82, 2.24) is 0 Å². The average molecular weight is 273 g/mol. The van der Waals surface area contributed by atoms with E-state index in [9.17, 15) is 0 Å². The molecule has 0 heterocycles. The number of rotatable bonds is 3. The Kier molecular flexibility index (Phi) is 3.58. The summed E-state index contributed by atoms with van der Waals surface area (Å²) in [6, 6.07) is 18.9. The summed E-state index contributed by atoms with van der Waals surface area (Å²) < 4.78 is 0. The van der Waals surface area contributed by atoms with Crippen LogP contribution in [0.1, 0.15) is 5.56 Å². The van der Waals surface area contributed by atoms with Crippen LogP contribution in [-0.2, 0) is 0 Å². The number of allylic oxidation sites excluding steroid dienone is 1. The lowest BCUT2D eigenvalue weighted by Crippen LogP contribution is -1.84. The minimum atomic E-state index is 0.817. The molecule has 0 aliphatic carbocycles. The topological polar surface area (TPSA) is 0 Å². The number of hydrogen-bond acceptors (Lipinski definition) is 0. The van der Waals surface area contributed by atoms with Gasteiger partial charge in [0.1, 0.15) is 0 Å². The summed E-state index contributed by atoms with van der Waals surface area (Å²) in [5.41, 5.74) is 4.79. The van der Waals surface area contributed by atoms with Gasteiger partial charge in [0.2, 0.25) is 0 Å². The van der Waals surface area contributed by atoms with Gasteiger partial charge in [0.25, 0.3) is 0 Å². The Balaban J connectivity index is 2.30. The fourth-order valence-corrected chi connectivity index (χ4v) is 1.93. The molecule has 0 saturated heterocycles. The van der Waals surface area contributed by atoms with Gasteiger partial charge in [-0.05, 0) is 22.3 Å². The van der Waals surface area contributed by atoms with Crippen LogP contribution in [0.5, 0.6) is 0 Å². The Morgan fingerprint density at radius 1 is 0.875 bits per heavy atom. The van der Waals surface area contributed by atoms with Gasteiger partial charge in [0.05, 0.1) is 0 Å². The molecule has 1 heteroatoms. The molecule has 0 aromatic heterocycles. The van der Waals surface area contributed by atoms with E-state index in [1.165, 1.54) is 16.7 Å². The number of halogens is 1. The lowest BCUT2D eigenvalue weighted by Gasteiger charge is -2.04. The van der Waals surface area contributed by atoms with Crippen molar-refractivity contribution in [2.75, 3.05) is 5.33 Å². The Hall–Kier alpha value is -1.34. The molecule has 0 nitrogen and oxygen atoms in total. The van der Waals surface area contributed by atoms with Crippen molar-refractivity contribution < 1.29 is 0 Å². The molecule has 0 N–H and O–H groups in total. The third-order valence-electron chi connectivity index (χ3n) is 2.56. The summed E-state index contributed by atoms with van der Waals surface area (Å²) in [6.45, 7) is 4.00. The Morgan fingerprint density at radius 2 is 1.44 bits per heavy atom. The molecule has 80 valence electrons. The van der Waals surface area contributed by atoms with Crippen LogP contribution in [0, 0.1) is 0 Å². The number of hydrogen-bond donors (Lipinski definition) is 0. The number of alkyl halides is 1. The highest BCUT2D eigenvalue weighted by molar-refractivity contribution is 9.09. The van der Waals surface area contributed by atoms with Crippen molar-refractivity contribution in [2.45, 2.75) is 0 Å². The van der Waals surface area contributed by atoms with Crippen molar-refractivity contribution in [2.24, 2.45) is 0 Å². The second-order valence-corrected chi connectivity index (χ2v) is 4.24. The quantitative estimate of drug-likeness (QED) is 0.707. The zero-order valence-corrected chi connectivity index (χ0v) is 10.6. The van der Waals surface area contributed by atoms with E-state index in [4.69, 9.17) is 0 Å². The molecule has 2 aromatic rings. The molecular formula is C15H13Br. The smallest absolute Gasteiger partial charge is 0.0283 e. The molecule has 0 saturated carbocycles. The van der Waals surface area contributed by atoms with Crippen LogP contribution in [0.25, 0.3) is 16.7 Å². The van der Waals surface area contributed by atoms with E-state index < -0.39 is 0 Å². The molecule has 0 atom stereocenters. The first-order valence-corrected chi connectivity index (χ1v) is 6.33. The largest absolute Gasteiger partial charge is 0.0944 e. The van der Waals surface area contributed by atoms with Gasteiger partial charge in [-0.25, -0.2) is 0 Å². The predicted octanol–water partition coefficient (Wildman–Crippen LogP) is 4.76. The normalized spacial score (nSPS) is 10.1. The monoisotopic (exact) mass is 272 g/mol. The molecule has 0 amide bonds. The van der Waals surface area contributed by atoms with Crippen molar-refractivity contribution in [3.05, 3.63) is 66.7 Å². The maximum atomic E-state index is 4.00. The van der Waals surface area contributed by atoms with Crippen LogP contribution >= 0.6 is 15.9 Å². The van der Waals surface area contributed by atoms with Gasteiger partial charge in [0, 0.05) is 5.33 Å². The second kappa shape index (κ2) is 5.13. The van der Waals surface area contributed by atoms with Crippen molar-refractivity contribution in [3.8, 4) is 11.1 Å². The molecule has 2 aromatic carbocycles. The third-order valence-corrected chi connectivity index (χ3v) is 3.24. The van der Waals surface area contributed by atoms with E-state index in [1.54, 1.807) is 0 Å². The lowest BCUT2D eigenvalue weighted by molar-refractivity contribution is 1.57. The maximum Gasteiger partial charge on any atom is 0.0283 e. The molecule has 0 bridgehead atoms. The van der Waals surface area contributed by atoms with Gasteiger partial charge < -0.3 is 0 Å². The average Bonchev–Trinajstić information content (AvgIpc) is 2.39. The molecule has 16 heavy (non-hydrogen) atoms. The maximum absolute atomic E-state index is 4.00. The minimum absolute atomic E-state index is 0.817. The van der Waals surface area contributed by atoms with E-state index in [2.05, 4.69) is 71.0 Å². The fourth-order valence-electron chi connectivity index (χ4n) is 1.61. The molecule has 0 radical (unpaired) electrons. The summed E-state index contributed by atoms with van der Waals surface area (Å²) in [4.78, 5) is 0. The zero-order valence-electron chi connectivity index (χ0n) is 8.99. The van der Waals surface area contributed by atoms with Gasteiger partial charge in [0.15, 0.2) is 0 Å². The van der Waals surface area contributed by atoms with E-state index in [0.29, 0.717) is 0 Å². The molecule has 0 unspecified atom stereocenters. The first kappa shape index (κ1) is 11.2. The van der Waals surface area contributed by atoms with E-state index in [0.717, 1.165) is 10.9 Å².